The number of pyridine rings is 1. The molecule has 112 valence electrons. The van der Waals surface area contributed by atoms with Crippen LogP contribution >= 0.6 is 0 Å². The minimum Gasteiger partial charge on any atom is -0.477 e. The summed E-state index contributed by atoms with van der Waals surface area (Å²) in [5.41, 5.74) is 2.49. The van der Waals surface area contributed by atoms with Crippen LogP contribution in [0.1, 0.15) is 53.0 Å². The standard InChI is InChI=1S/C16H19NO4/c1-10-13(11-5-3-2-4-6-11)15(18)14(16(19)20)12-9-21-8-7-17(10)12/h5H,2-4,6-9H2,1H3,(H,19,20). The van der Waals surface area contributed by atoms with Crippen LogP contribution < -0.4 is 5.43 Å². The molecule has 3 rings (SSSR count). The van der Waals surface area contributed by atoms with Gasteiger partial charge < -0.3 is 14.4 Å². The Hall–Kier alpha value is -1.88. The molecular weight excluding hydrogens is 270 g/mol. The predicted molar refractivity (Wildman–Crippen MR) is 78.5 cm³/mol. The number of carboxylic acids is 1. The molecule has 21 heavy (non-hydrogen) atoms. The maximum Gasteiger partial charge on any atom is 0.341 e. The molecule has 0 fully saturated rings. The quantitative estimate of drug-likeness (QED) is 0.907. The van der Waals surface area contributed by atoms with Crippen molar-refractivity contribution in [3.05, 3.63) is 38.8 Å². The summed E-state index contributed by atoms with van der Waals surface area (Å²) in [6.45, 7) is 3.25. The number of allylic oxidation sites excluding steroid dienone is 2. The summed E-state index contributed by atoms with van der Waals surface area (Å²) in [6.07, 6.45) is 6.09. The van der Waals surface area contributed by atoms with E-state index < -0.39 is 5.97 Å². The van der Waals surface area contributed by atoms with E-state index >= 15 is 0 Å². The second kappa shape index (κ2) is 5.48. The van der Waals surface area contributed by atoms with Crippen LogP contribution in [0.25, 0.3) is 5.57 Å². The van der Waals surface area contributed by atoms with Crippen LogP contribution in [0.15, 0.2) is 10.9 Å². The molecule has 0 saturated heterocycles. The van der Waals surface area contributed by atoms with E-state index in [1.54, 1.807) is 0 Å². The molecule has 1 N–H and O–H groups in total. The maximum absolute atomic E-state index is 12.7. The van der Waals surface area contributed by atoms with Gasteiger partial charge in [-0.3, -0.25) is 4.79 Å². The van der Waals surface area contributed by atoms with Gasteiger partial charge in [0.2, 0.25) is 5.43 Å². The molecule has 1 aliphatic heterocycles. The summed E-state index contributed by atoms with van der Waals surface area (Å²) in [5, 5.41) is 9.45. The average Bonchev–Trinajstić information content (AvgIpc) is 2.48. The number of hydrogen-bond donors (Lipinski definition) is 1. The Labute approximate surface area is 122 Å². The van der Waals surface area contributed by atoms with Crippen molar-refractivity contribution >= 4 is 11.5 Å². The largest absolute Gasteiger partial charge is 0.477 e. The van der Waals surface area contributed by atoms with Crippen LogP contribution in [0.5, 0.6) is 0 Å². The van der Waals surface area contributed by atoms with E-state index in [4.69, 9.17) is 4.74 Å². The van der Waals surface area contributed by atoms with E-state index in [1.165, 1.54) is 0 Å². The van der Waals surface area contributed by atoms with Gasteiger partial charge in [0, 0.05) is 17.8 Å². The zero-order valence-corrected chi connectivity index (χ0v) is 12.1. The third-order valence-corrected chi connectivity index (χ3v) is 4.36. The molecule has 5 heteroatoms. The molecule has 0 saturated carbocycles. The lowest BCUT2D eigenvalue weighted by Gasteiger charge is -2.26. The minimum absolute atomic E-state index is 0.123. The number of hydrogen-bond acceptors (Lipinski definition) is 3. The van der Waals surface area contributed by atoms with E-state index in [0.29, 0.717) is 24.4 Å². The van der Waals surface area contributed by atoms with Gasteiger partial charge in [0.1, 0.15) is 5.56 Å². The van der Waals surface area contributed by atoms with Crippen molar-refractivity contribution in [1.29, 1.82) is 0 Å². The first-order valence-electron chi connectivity index (χ1n) is 7.38. The van der Waals surface area contributed by atoms with Gasteiger partial charge in [-0.2, -0.15) is 0 Å². The lowest BCUT2D eigenvalue weighted by Crippen LogP contribution is -2.32. The van der Waals surface area contributed by atoms with E-state index in [0.717, 1.165) is 37.0 Å². The molecule has 1 aliphatic carbocycles. The monoisotopic (exact) mass is 289 g/mol. The molecule has 0 amide bonds. The molecular formula is C16H19NO4. The molecule has 0 spiro atoms. The highest BCUT2D eigenvalue weighted by atomic mass is 16.5. The fourth-order valence-electron chi connectivity index (χ4n) is 3.33. The number of carboxylic acid groups (broad SMARTS) is 1. The average molecular weight is 289 g/mol. The van der Waals surface area contributed by atoms with Gasteiger partial charge >= 0.3 is 5.97 Å². The zero-order valence-electron chi connectivity index (χ0n) is 12.1. The SMILES string of the molecule is Cc1c(C2=CCCCC2)c(=O)c(C(=O)O)c2n1CCOC2. The van der Waals surface area contributed by atoms with Crippen LogP contribution in [0.4, 0.5) is 0 Å². The second-order valence-electron chi connectivity index (χ2n) is 5.60. The van der Waals surface area contributed by atoms with Crippen molar-refractivity contribution in [2.75, 3.05) is 6.61 Å². The summed E-state index contributed by atoms with van der Waals surface area (Å²) >= 11 is 0. The summed E-state index contributed by atoms with van der Waals surface area (Å²) in [7, 11) is 0. The predicted octanol–water partition coefficient (Wildman–Crippen LogP) is 2.34. The van der Waals surface area contributed by atoms with Crippen LogP contribution in [0, 0.1) is 6.92 Å². The summed E-state index contributed by atoms with van der Waals surface area (Å²) < 4.78 is 7.29. The van der Waals surface area contributed by atoms with Gasteiger partial charge in [-0.05, 0) is 38.2 Å². The molecule has 2 heterocycles. The van der Waals surface area contributed by atoms with E-state index in [1.807, 2.05) is 11.5 Å². The number of fused-ring (bicyclic) bond motifs is 1. The Morgan fingerprint density at radius 2 is 2.19 bits per heavy atom. The van der Waals surface area contributed by atoms with Crippen molar-refractivity contribution in [3.63, 3.8) is 0 Å². The van der Waals surface area contributed by atoms with Gasteiger partial charge in [-0.15, -0.1) is 0 Å². The highest BCUT2D eigenvalue weighted by Gasteiger charge is 2.27. The minimum atomic E-state index is -1.16. The number of carbonyl (C=O) groups is 1. The van der Waals surface area contributed by atoms with Gasteiger partial charge in [0.25, 0.3) is 0 Å². The van der Waals surface area contributed by atoms with E-state index in [9.17, 15) is 14.7 Å². The van der Waals surface area contributed by atoms with Crippen molar-refractivity contribution in [1.82, 2.24) is 4.57 Å². The van der Waals surface area contributed by atoms with Crippen molar-refractivity contribution < 1.29 is 14.6 Å². The fourth-order valence-corrected chi connectivity index (χ4v) is 3.33. The topological polar surface area (TPSA) is 68.5 Å². The summed E-state index contributed by atoms with van der Waals surface area (Å²) in [5.74, 6) is -1.16. The first-order valence-corrected chi connectivity index (χ1v) is 7.38. The van der Waals surface area contributed by atoms with Crippen LogP contribution in [0.2, 0.25) is 0 Å². The third-order valence-electron chi connectivity index (χ3n) is 4.36. The molecule has 2 aliphatic rings. The van der Waals surface area contributed by atoms with E-state index in [-0.39, 0.29) is 17.6 Å². The number of nitrogens with zero attached hydrogens (tertiary/aromatic N) is 1. The first kappa shape index (κ1) is 14.1. The van der Waals surface area contributed by atoms with Crippen LogP contribution in [0.3, 0.4) is 0 Å². The first-order chi connectivity index (χ1) is 10.1. The lowest BCUT2D eigenvalue weighted by molar-refractivity contribution is 0.0647. The third kappa shape index (κ3) is 2.31. The Morgan fingerprint density at radius 3 is 2.86 bits per heavy atom. The molecule has 0 unspecified atom stereocenters. The Bertz CT molecular complexity index is 684. The normalized spacial score (nSPS) is 18.0. The molecule has 1 aromatic rings. The Balaban J connectivity index is 2.30. The number of ether oxygens (including phenoxy) is 1. The van der Waals surface area contributed by atoms with Gasteiger partial charge in [-0.25, -0.2) is 4.79 Å². The van der Waals surface area contributed by atoms with Crippen molar-refractivity contribution in [2.45, 2.75) is 45.8 Å². The van der Waals surface area contributed by atoms with Gasteiger partial charge in [-0.1, -0.05) is 6.08 Å². The number of rotatable bonds is 2. The molecule has 0 aromatic carbocycles. The van der Waals surface area contributed by atoms with Gasteiger partial charge in [0.15, 0.2) is 0 Å². The number of aromatic nitrogens is 1. The van der Waals surface area contributed by atoms with Crippen molar-refractivity contribution in [2.24, 2.45) is 0 Å². The molecule has 5 nitrogen and oxygen atoms in total. The van der Waals surface area contributed by atoms with Crippen LogP contribution in [-0.2, 0) is 17.9 Å². The summed E-state index contributed by atoms with van der Waals surface area (Å²) in [4.78, 5) is 24.3. The highest BCUT2D eigenvalue weighted by molar-refractivity contribution is 5.90. The Kier molecular flexibility index (Phi) is 3.68. The molecule has 0 atom stereocenters. The second-order valence-corrected chi connectivity index (χ2v) is 5.60. The van der Waals surface area contributed by atoms with E-state index in [2.05, 4.69) is 6.08 Å². The molecule has 0 radical (unpaired) electrons. The van der Waals surface area contributed by atoms with Crippen LogP contribution in [-0.4, -0.2) is 22.2 Å². The number of aromatic carboxylic acids is 1. The molecule has 1 aromatic heterocycles. The smallest absolute Gasteiger partial charge is 0.341 e. The maximum atomic E-state index is 12.7. The Morgan fingerprint density at radius 1 is 1.38 bits per heavy atom. The van der Waals surface area contributed by atoms with Gasteiger partial charge in [0.05, 0.1) is 18.9 Å². The van der Waals surface area contributed by atoms with Crippen molar-refractivity contribution in [3.8, 4) is 0 Å². The summed E-state index contributed by atoms with van der Waals surface area (Å²) in [6, 6.07) is 0. The fraction of sp³-hybridized carbons (Fsp3) is 0.500. The highest BCUT2D eigenvalue weighted by Crippen LogP contribution is 2.29. The zero-order chi connectivity index (χ0) is 15.0. The molecule has 0 bridgehead atoms. The lowest BCUT2D eigenvalue weighted by atomic mass is 9.90.